The van der Waals surface area contributed by atoms with E-state index in [4.69, 9.17) is 9.97 Å². The minimum absolute atomic E-state index is 0.0185. The summed E-state index contributed by atoms with van der Waals surface area (Å²) in [6.45, 7) is 0.619. The largest absolute Gasteiger partial charge is 0.362 e. The number of hydrogen-bond acceptors (Lipinski definition) is 6. The minimum Gasteiger partial charge on any atom is -0.362 e. The van der Waals surface area contributed by atoms with Gasteiger partial charge in [-0.15, -0.1) is 0 Å². The SMILES string of the molecule is CN(C)c1nc(N[C@H]2CC[C@@H](CNC(=O)c3cccc4c3C(=O)C3=C4C=CCC3)CC2)nc2ccccc12. The van der Waals surface area contributed by atoms with Crippen LogP contribution in [0.2, 0.25) is 0 Å². The zero-order valence-corrected chi connectivity index (χ0v) is 22.0. The number of fused-ring (bicyclic) bond motifs is 3. The fourth-order valence-corrected chi connectivity index (χ4v) is 6.00. The van der Waals surface area contributed by atoms with E-state index >= 15 is 0 Å². The molecule has 1 fully saturated rings. The maximum absolute atomic E-state index is 13.2. The van der Waals surface area contributed by atoms with Crippen molar-refractivity contribution in [1.29, 1.82) is 0 Å². The molecule has 0 radical (unpaired) electrons. The molecule has 7 heteroatoms. The summed E-state index contributed by atoms with van der Waals surface area (Å²) in [5.41, 5.74) is 4.74. The van der Waals surface area contributed by atoms with Crippen LogP contribution >= 0.6 is 0 Å². The number of nitrogens with zero attached hydrogens (tertiary/aromatic N) is 3. The molecule has 38 heavy (non-hydrogen) atoms. The maximum atomic E-state index is 13.2. The molecule has 0 aliphatic heterocycles. The molecule has 0 bridgehead atoms. The van der Waals surface area contributed by atoms with E-state index < -0.39 is 0 Å². The van der Waals surface area contributed by atoms with Crippen LogP contribution in [-0.2, 0) is 0 Å². The topological polar surface area (TPSA) is 87.2 Å². The van der Waals surface area contributed by atoms with E-state index in [1.54, 1.807) is 6.07 Å². The van der Waals surface area contributed by atoms with Crippen LogP contribution in [0.3, 0.4) is 0 Å². The molecule has 2 aromatic carbocycles. The molecule has 194 valence electrons. The van der Waals surface area contributed by atoms with Gasteiger partial charge in [0, 0.05) is 43.2 Å². The Morgan fingerprint density at radius 3 is 2.66 bits per heavy atom. The molecular formula is C31H33N5O2. The van der Waals surface area contributed by atoms with Gasteiger partial charge in [-0.25, -0.2) is 4.98 Å². The van der Waals surface area contributed by atoms with Gasteiger partial charge in [-0.1, -0.05) is 36.4 Å². The van der Waals surface area contributed by atoms with Gasteiger partial charge < -0.3 is 15.5 Å². The molecule has 0 spiro atoms. The first-order valence-corrected chi connectivity index (χ1v) is 13.6. The number of rotatable bonds is 6. The number of Topliss-reactive ketones (excluding diaryl/α,β-unsaturated/α-hetero) is 1. The number of carbonyl (C=O) groups excluding carboxylic acids is 2. The Hall–Kier alpha value is -4.00. The summed E-state index contributed by atoms with van der Waals surface area (Å²) >= 11 is 0. The molecule has 1 saturated carbocycles. The zero-order valence-electron chi connectivity index (χ0n) is 22.0. The number of nitrogens with one attached hydrogen (secondary N) is 2. The predicted octanol–water partition coefficient (Wildman–Crippen LogP) is 5.40. The van der Waals surface area contributed by atoms with E-state index in [0.717, 1.165) is 72.0 Å². The fraction of sp³-hybridized carbons (Fsp3) is 0.355. The number of allylic oxidation sites excluding steroid dienone is 4. The second kappa shape index (κ2) is 10.0. The average Bonchev–Trinajstić information content (AvgIpc) is 3.24. The van der Waals surface area contributed by atoms with Crippen LogP contribution in [0, 0.1) is 5.92 Å². The van der Waals surface area contributed by atoms with Gasteiger partial charge in [0.2, 0.25) is 5.95 Å². The van der Waals surface area contributed by atoms with Gasteiger partial charge in [-0.05, 0) is 73.8 Å². The number of aromatic nitrogens is 2. The molecule has 1 amide bonds. The van der Waals surface area contributed by atoms with Gasteiger partial charge in [0.1, 0.15) is 5.82 Å². The van der Waals surface area contributed by atoms with Crippen molar-refractivity contribution in [2.45, 2.75) is 44.6 Å². The Labute approximate surface area is 223 Å². The lowest BCUT2D eigenvalue weighted by Crippen LogP contribution is -2.34. The normalized spacial score (nSPS) is 20.3. The number of benzene rings is 2. The third-order valence-electron chi connectivity index (χ3n) is 8.01. The van der Waals surface area contributed by atoms with E-state index in [1.165, 1.54) is 0 Å². The highest BCUT2D eigenvalue weighted by Gasteiger charge is 2.33. The molecule has 0 saturated heterocycles. The number of amides is 1. The molecule has 1 heterocycles. The third kappa shape index (κ3) is 4.46. The van der Waals surface area contributed by atoms with E-state index in [2.05, 4.69) is 22.8 Å². The van der Waals surface area contributed by atoms with Crippen molar-refractivity contribution in [3.05, 3.63) is 76.9 Å². The van der Waals surface area contributed by atoms with Crippen molar-refractivity contribution in [2.75, 3.05) is 30.9 Å². The van der Waals surface area contributed by atoms with Crippen LogP contribution in [0.5, 0.6) is 0 Å². The lowest BCUT2D eigenvalue weighted by Gasteiger charge is -2.29. The summed E-state index contributed by atoms with van der Waals surface area (Å²) in [5, 5.41) is 7.72. The summed E-state index contributed by atoms with van der Waals surface area (Å²) in [4.78, 5) is 37.8. The quantitative estimate of drug-likeness (QED) is 0.465. The Morgan fingerprint density at radius 2 is 1.84 bits per heavy atom. The highest BCUT2D eigenvalue weighted by molar-refractivity contribution is 6.26. The van der Waals surface area contributed by atoms with Crippen LogP contribution in [0.15, 0.2) is 60.2 Å². The number of anilines is 2. The Balaban J connectivity index is 1.06. The molecule has 0 atom stereocenters. The molecule has 3 aliphatic rings. The molecule has 0 unspecified atom stereocenters. The van der Waals surface area contributed by atoms with Crippen molar-refractivity contribution < 1.29 is 9.59 Å². The lowest BCUT2D eigenvalue weighted by molar-refractivity contribution is 0.0932. The van der Waals surface area contributed by atoms with Crippen LogP contribution in [-0.4, -0.2) is 48.3 Å². The third-order valence-corrected chi connectivity index (χ3v) is 8.01. The van der Waals surface area contributed by atoms with E-state index in [0.29, 0.717) is 35.6 Å². The van der Waals surface area contributed by atoms with Crippen molar-refractivity contribution >= 4 is 39.9 Å². The van der Waals surface area contributed by atoms with Gasteiger partial charge in [0.05, 0.1) is 11.1 Å². The summed E-state index contributed by atoms with van der Waals surface area (Å²) in [6, 6.07) is 14.0. The van der Waals surface area contributed by atoms with Crippen molar-refractivity contribution in [3.63, 3.8) is 0 Å². The zero-order chi connectivity index (χ0) is 26.2. The molecular weight excluding hydrogens is 474 g/mol. The first kappa shape index (κ1) is 24.3. The highest BCUT2D eigenvalue weighted by atomic mass is 16.2. The molecule has 3 aliphatic carbocycles. The molecule has 2 N–H and O–H groups in total. The van der Waals surface area contributed by atoms with Crippen LogP contribution in [0.4, 0.5) is 11.8 Å². The Bertz CT molecular complexity index is 1480. The fourth-order valence-electron chi connectivity index (χ4n) is 6.00. The smallest absolute Gasteiger partial charge is 0.252 e. The van der Waals surface area contributed by atoms with E-state index in [1.807, 2.05) is 55.4 Å². The summed E-state index contributed by atoms with van der Waals surface area (Å²) in [7, 11) is 4.00. The van der Waals surface area contributed by atoms with Crippen LogP contribution < -0.4 is 15.5 Å². The monoisotopic (exact) mass is 507 g/mol. The number of para-hydroxylation sites is 1. The Kier molecular flexibility index (Phi) is 6.44. The van der Waals surface area contributed by atoms with Crippen LogP contribution in [0.25, 0.3) is 16.5 Å². The van der Waals surface area contributed by atoms with Crippen LogP contribution in [0.1, 0.15) is 64.8 Å². The van der Waals surface area contributed by atoms with E-state index in [9.17, 15) is 9.59 Å². The summed E-state index contributed by atoms with van der Waals surface area (Å²) in [5.74, 6) is 1.85. The maximum Gasteiger partial charge on any atom is 0.252 e. The lowest BCUT2D eigenvalue weighted by atomic mass is 9.86. The summed E-state index contributed by atoms with van der Waals surface area (Å²) < 4.78 is 0. The molecule has 1 aromatic heterocycles. The predicted molar refractivity (Wildman–Crippen MR) is 152 cm³/mol. The summed E-state index contributed by atoms with van der Waals surface area (Å²) in [6.07, 6.45) is 9.77. The second-order valence-electron chi connectivity index (χ2n) is 10.7. The second-order valence-corrected chi connectivity index (χ2v) is 10.7. The highest BCUT2D eigenvalue weighted by Crippen LogP contribution is 2.40. The van der Waals surface area contributed by atoms with Crippen molar-refractivity contribution in [1.82, 2.24) is 15.3 Å². The van der Waals surface area contributed by atoms with E-state index in [-0.39, 0.29) is 11.7 Å². The molecule has 7 nitrogen and oxygen atoms in total. The standard InChI is InChI=1S/C31H33N5O2/c1-36(2)29-24-10-5-6-13-26(24)34-31(35-29)33-20-16-14-19(15-17-20)18-32-30(38)25-12-7-11-22-21-8-3-4-9-23(21)28(37)27(22)25/h3,5-8,10-13,19-20H,4,9,14-18H2,1-2H3,(H,32,38)(H,33,34,35)/t19-,20+. The number of ketones is 1. The first-order chi connectivity index (χ1) is 18.5. The van der Waals surface area contributed by atoms with Gasteiger partial charge >= 0.3 is 0 Å². The average molecular weight is 508 g/mol. The molecule has 3 aromatic rings. The first-order valence-electron chi connectivity index (χ1n) is 13.6. The minimum atomic E-state index is -0.153. The van der Waals surface area contributed by atoms with Gasteiger partial charge in [0.15, 0.2) is 5.78 Å². The Morgan fingerprint density at radius 1 is 1.03 bits per heavy atom. The van der Waals surface area contributed by atoms with Crippen molar-refractivity contribution in [2.24, 2.45) is 5.92 Å². The molecule has 6 rings (SSSR count). The number of hydrogen-bond donors (Lipinski definition) is 2. The van der Waals surface area contributed by atoms with Gasteiger partial charge in [-0.2, -0.15) is 4.98 Å². The van der Waals surface area contributed by atoms with Gasteiger partial charge in [-0.3, -0.25) is 9.59 Å². The van der Waals surface area contributed by atoms with Gasteiger partial charge in [0.25, 0.3) is 5.91 Å². The number of carbonyl (C=O) groups is 2. The van der Waals surface area contributed by atoms with Crippen molar-refractivity contribution in [3.8, 4) is 0 Å².